The average molecular weight is 197 g/mol. The van der Waals surface area contributed by atoms with Crippen LogP contribution in [-0.2, 0) is 0 Å². The zero-order chi connectivity index (χ0) is 8.39. The van der Waals surface area contributed by atoms with Crippen LogP contribution in [0.5, 0.6) is 0 Å². The molecule has 1 aliphatic rings. The van der Waals surface area contributed by atoms with Crippen molar-refractivity contribution >= 4 is 45.2 Å². The summed E-state index contributed by atoms with van der Waals surface area (Å²) < 4.78 is 0. The summed E-state index contributed by atoms with van der Waals surface area (Å²) in [7, 11) is 0.103. The Hall–Kier alpha value is 0.177. The van der Waals surface area contributed by atoms with E-state index in [0.717, 1.165) is 5.54 Å². The molecule has 0 saturated carbocycles. The van der Waals surface area contributed by atoms with Crippen molar-refractivity contribution in [3.05, 3.63) is 41.5 Å². The molecule has 13 heavy (non-hydrogen) atoms. The van der Waals surface area contributed by atoms with Gasteiger partial charge in [-0.2, -0.15) is 0 Å². The molecule has 0 bridgehead atoms. The van der Waals surface area contributed by atoms with Crippen molar-refractivity contribution < 1.29 is 0 Å². The van der Waals surface area contributed by atoms with E-state index in [1.807, 2.05) is 0 Å². The minimum Gasteiger partial charge on any atom is -0.0798 e. The van der Waals surface area contributed by atoms with Gasteiger partial charge in [0, 0.05) is 39.1 Å². The molecule has 2 heteroatoms. The van der Waals surface area contributed by atoms with E-state index in [2.05, 4.69) is 43.3 Å². The van der Waals surface area contributed by atoms with Crippen molar-refractivity contribution in [1.82, 2.24) is 0 Å². The number of benzene rings is 1. The molecule has 0 N–H and O–H groups in total. The number of fused-ring (bicyclic) bond motifs is 1. The quantitative estimate of drug-likeness (QED) is 0.636. The topological polar surface area (TPSA) is 0 Å². The van der Waals surface area contributed by atoms with Crippen LogP contribution in [0.3, 0.4) is 0 Å². The van der Waals surface area contributed by atoms with Gasteiger partial charge >= 0.3 is 0 Å². The van der Waals surface area contributed by atoms with Crippen LogP contribution in [0.2, 0.25) is 6.04 Å². The van der Waals surface area contributed by atoms with Gasteiger partial charge in [-0.3, -0.25) is 0 Å². The van der Waals surface area contributed by atoms with E-state index in [1.165, 1.54) is 11.6 Å². The predicted molar refractivity (Wildman–Crippen MR) is 63.0 cm³/mol. The first-order chi connectivity index (χ1) is 5.92. The van der Waals surface area contributed by atoms with Gasteiger partial charge in [-0.15, -0.1) is 0 Å². The maximum absolute atomic E-state index is 2.39. The van der Waals surface area contributed by atoms with E-state index in [0.29, 0.717) is 0 Å². The van der Waals surface area contributed by atoms with E-state index < -0.39 is 0 Å². The smallest absolute Gasteiger partial charge is 0.0332 e. The summed E-state index contributed by atoms with van der Waals surface area (Å²) in [5, 5.41) is 0. The Balaban J connectivity index is 0.000000845. The first-order valence-electron chi connectivity index (χ1n) is 4.69. The Morgan fingerprint density at radius 3 is 2.85 bits per heavy atom. The van der Waals surface area contributed by atoms with Crippen LogP contribution in [0.25, 0.3) is 6.08 Å². The van der Waals surface area contributed by atoms with Crippen molar-refractivity contribution in [2.24, 2.45) is 0 Å². The number of hydrogen-bond donors (Lipinski definition) is 0. The maximum Gasteiger partial charge on any atom is 0.0332 e. The van der Waals surface area contributed by atoms with Gasteiger partial charge in [-0.25, -0.2) is 0 Å². The number of rotatable bonds is 2. The summed E-state index contributed by atoms with van der Waals surface area (Å²) in [5.41, 5.74) is 3.85. The van der Waals surface area contributed by atoms with Crippen LogP contribution < -0.4 is 0 Å². The molecule has 63 valence electrons. The Morgan fingerprint density at radius 1 is 1.31 bits per heavy atom. The molecule has 1 aliphatic carbocycles. The Kier molecular flexibility index (Phi) is 4.46. The molecule has 1 atom stereocenters. The zero-order valence-electron chi connectivity index (χ0n) is 8.46. The minimum atomic E-state index is 0. The molecule has 0 fully saturated rings. The molecule has 0 aromatic heterocycles. The van der Waals surface area contributed by atoms with Crippen molar-refractivity contribution in [1.29, 1.82) is 0 Å². The molecule has 1 aromatic rings. The van der Waals surface area contributed by atoms with Crippen LogP contribution in [-0.4, -0.2) is 39.1 Å². The third-order valence-electron chi connectivity index (χ3n) is 2.50. The number of hydrogen-bond acceptors (Lipinski definition) is 0. The summed E-state index contributed by atoms with van der Waals surface area (Å²) in [5.74, 6) is 0. The third kappa shape index (κ3) is 2.35. The predicted octanol–water partition coefficient (Wildman–Crippen LogP) is 1.98. The fraction of sp³-hybridized carbons (Fsp3) is 0.273. The summed E-state index contributed by atoms with van der Waals surface area (Å²) in [4.78, 5) is 0. The van der Waals surface area contributed by atoms with Gasteiger partial charge in [0.05, 0.1) is 0 Å². The molecular formula is C11H14NaSi. The molecule has 0 spiro atoms. The van der Waals surface area contributed by atoms with Gasteiger partial charge in [-0.05, 0) is 16.7 Å². The molecule has 1 aromatic carbocycles. The van der Waals surface area contributed by atoms with Crippen LogP contribution >= 0.6 is 0 Å². The van der Waals surface area contributed by atoms with E-state index in [-0.39, 0.29) is 39.1 Å². The molecule has 1 radical (unpaired) electrons. The second-order valence-corrected chi connectivity index (χ2v) is 5.84. The van der Waals surface area contributed by atoms with E-state index in [4.69, 9.17) is 0 Å². The molecule has 0 saturated heterocycles. The van der Waals surface area contributed by atoms with E-state index in [1.54, 1.807) is 5.56 Å². The summed E-state index contributed by atoms with van der Waals surface area (Å²) in [6, 6.07) is 10.2. The van der Waals surface area contributed by atoms with E-state index >= 15 is 0 Å². The first kappa shape index (κ1) is 11.3. The molecular weight excluding hydrogens is 183 g/mol. The van der Waals surface area contributed by atoms with Crippen molar-refractivity contribution in [2.75, 3.05) is 0 Å². The molecule has 0 amide bonds. The maximum atomic E-state index is 2.39. The van der Waals surface area contributed by atoms with Crippen LogP contribution in [0.1, 0.15) is 23.6 Å². The molecule has 0 nitrogen and oxygen atoms in total. The third-order valence-corrected chi connectivity index (χ3v) is 4.41. The Morgan fingerprint density at radius 2 is 2.08 bits per heavy atom. The Bertz CT molecular complexity index is 307. The summed E-state index contributed by atoms with van der Waals surface area (Å²) in [6.45, 7) is 2.31. The van der Waals surface area contributed by atoms with Crippen LogP contribution in [0.4, 0.5) is 0 Å². The van der Waals surface area contributed by atoms with Gasteiger partial charge in [0.25, 0.3) is 0 Å². The SMILES string of the molecule is CC[SiH2]C1C=Cc2ccccc21.[Na]. The van der Waals surface area contributed by atoms with Gasteiger partial charge in [0.2, 0.25) is 0 Å². The van der Waals surface area contributed by atoms with Gasteiger partial charge in [-0.1, -0.05) is 49.4 Å². The monoisotopic (exact) mass is 197 g/mol. The van der Waals surface area contributed by atoms with Crippen molar-refractivity contribution in [3.8, 4) is 0 Å². The number of allylic oxidation sites excluding steroid dienone is 1. The molecule has 1 unspecified atom stereocenters. The Labute approximate surface area is 105 Å². The van der Waals surface area contributed by atoms with Crippen molar-refractivity contribution in [3.63, 3.8) is 0 Å². The normalized spacial score (nSPS) is 19.0. The van der Waals surface area contributed by atoms with Crippen LogP contribution in [0.15, 0.2) is 30.3 Å². The fourth-order valence-corrected chi connectivity index (χ4v) is 3.52. The summed E-state index contributed by atoms with van der Waals surface area (Å²) >= 11 is 0. The minimum absolute atomic E-state index is 0. The van der Waals surface area contributed by atoms with Gasteiger partial charge in [0.15, 0.2) is 0 Å². The van der Waals surface area contributed by atoms with Gasteiger partial charge in [0.1, 0.15) is 0 Å². The molecule has 0 aliphatic heterocycles. The van der Waals surface area contributed by atoms with Gasteiger partial charge < -0.3 is 0 Å². The molecule has 2 rings (SSSR count). The zero-order valence-corrected chi connectivity index (χ0v) is 11.9. The summed E-state index contributed by atoms with van der Waals surface area (Å²) in [6.07, 6.45) is 4.67. The standard InChI is InChI=1S/C11H14Si.Na/c1-2-12-11-8-7-9-5-3-4-6-10(9)11;/h3-8,11H,2,12H2,1H3;. The largest absolute Gasteiger partial charge is 0.0798 e. The second kappa shape index (κ2) is 5.16. The molecule has 0 heterocycles. The fourth-order valence-electron chi connectivity index (χ4n) is 1.89. The van der Waals surface area contributed by atoms with Crippen molar-refractivity contribution in [2.45, 2.75) is 18.5 Å². The average Bonchev–Trinajstić information content (AvgIpc) is 2.50. The van der Waals surface area contributed by atoms with Crippen LogP contribution in [0, 0.1) is 0 Å². The van der Waals surface area contributed by atoms with E-state index in [9.17, 15) is 0 Å². The second-order valence-electron chi connectivity index (χ2n) is 3.38. The first-order valence-corrected chi connectivity index (χ1v) is 6.50.